The molecule has 1 atom stereocenters. The Bertz CT molecular complexity index is 1300. The number of para-hydroxylation sites is 1. The highest BCUT2D eigenvalue weighted by Crippen LogP contribution is 2.44. The van der Waals surface area contributed by atoms with E-state index in [9.17, 15) is 23.9 Å². The van der Waals surface area contributed by atoms with Crippen molar-refractivity contribution in [3.05, 3.63) is 89.2 Å². The van der Waals surface area contributed by atoms with Crippen LogP contribution in [0.4, 0.5) is 14.9 Å². The van der Waals surface area contributed by atoms with E-state index in [1.807, 2.05) is 48.5 Å². The van der Waals surface area contributed by atoms with E-state index in [1.54, 1.807) is 0 Å². The van der Waals surface area contributed by atoms with Gasteiger partial charge in [0.1, 0.15) is 18.5 Å². The van der Waals surface area contributed by atoms with E-state index in [0.29, 0.717) is 0 Å². The number of carboxylic acids is 1. The van der Waals surface area contributed by atoms with Gasteiger partial charge in [-0.25, -0.2) is 14.0 Å². The Morgan fingerprint density at radius 2 is 1.63 bits per heavy atom. The van der Waals surface area contributed by atoms with Crippen LogP contribution in [-0.2, 0) is 9.53 Å². The Hall–Kier alpha value is -4.64. The molecule has 1 aliphatic carbocycles. The topological polar surface area (TPSA) is 105 Å². The number of amides is 2. The van der Waals surface area contributed by atoms with E-state index in [1.165, 1.54) is 6.07 Å². The third-order valence-electron chi connectivity index (χ3n) is 5.77. The number of ether oxygens (including phenoxy) is 1. The molecule has 0 fully saturated rings. The molecule has 4 rings (SSSR count). The molecule has 0 heterocycles. The number of nitrogens with one attached hydrogen (secondary N) is 2. The van der Waals surface area contributed by atoms with E-state index in [-0.39, 0.29) is 18.9 Å². The molecule has 0 spiro atoms. The standard InChI is InChI=1S/C27H21FN2O5/c1-2-8-23(25(31)30-24-20(26(32)33)13-7-14-22(24)28)29-27(34)35-15-21-18-11-5-3-9-16(18)17-10-4-6-12-19(17)21/h1,3-7,9-14,21,23H,8,15H2,(H,29,34)(H,30,31)(H,32,33). The molecule has 0 aromatic heterocycles. The fourth-order valence-electron chi connectivity index (χ4n) is 4.15. The molecule has 3 aromatic carbocycles. The fourth-order valence-corrected chi connectivity index (χ4v) is 4.15. The number of carbonyl (C=O) groups excluding carboxylic acids is 2. The summed E-state index contributed by atoms with van der Waals surface area (Å²) in [5.41, 5.74) is 3.25. The third kappa shape index (κ3) is 4.84. The van der Waals surface area contributed by atoms with Crippen molar-refractivity contribution in [3.63, 3.8) is 0 Å². The molecule has 0 saturated heterocycles. The first-order valence-electron chi connectivity index (χ1n) is 10.8. The number of fused-ring (bicyclic) bond motifs is 3. The van der Waals surface area contributed by atoms with E-state index in [4.69, 9.17) is 11.2 Å². The maximum Gasteiger partial charge on any atom is 0.407 e. The average Bonchev–Trinajstić information content (AvgIpc) is 3.17. The molecular weight excluding hydrogens is 451 g/mol. The van der Waals surface area contributed by atoms with Crippen molar-refractivity contribution < 1.29 is 28.6 Å². The van der Waals surface area contributed by atoms with E-state index < -0.39 is 41.1 Å². The summed E-state index contributed by atoms with van der Waals surface area (Å²) in [6, 6.07) is 17.8. The lowest BCUT2D eigenvalue weighted by Crippen LogP contribution is -2.44. The lowest BCUT2D eigenvalue weighted by Gasteiger charge is -2.19. The summed E-state index contributed by atoms with van der Waals surface area (Å²) in [6.07, 6.45) is 4.24. The molecule has 0 aliphatic heterocycles. The van der Waals surface area contributed by atoms with Crippen LogP contribution in [-0.4, -0.2) is 35.7 Å². The molecule has 176 valence electrons. The van der Waals surface area contributed by atoms with Gasteiger partial charge < -0.3 is 20.5 Å². The second-order valence-electron chi connectivity index (χ2n) is 7.89. The Kier molecular flexibility index (Phi) is 6.78. The van der Waals surface area contributed by atoms with Gasteiger partial charge in [-0.05, 0) is 34.4 Å². The molecule has 3 aromatic rings. The summed E-state index contributed by atoms with van der Waals surface area (Å²) in [6.45, 7) is 0.0285. The number of benzene rings is 3. The minimum Gasteiger partial charge on any atom is -0.478 e. The number of hydrogen-bond donors (Lipinski definition) is 3. The normalized spacial score (nSPS) is 12.6. The van der Waals surface area contributed by atoms with E-state index in [2.05, 4.69) is 16.6 Å². The van der Waals surface area contributed by atoms with Crippen molar-refractivity contribution in [1.82, 2.24) is 5.32 Å². The van der Waals surface area contributed by atoms with Gasteiger partial charge in [0, 0.05) is 12.3 Å². The minimum absolute atomic E-state index is 0.0285. The Morgan fingerprint density at radius 3 is 2.23 bits per heavy atom. The van der Waals surface area contributed by atoms with Crippen LogP contribution in [0.5, 0.6) is 0 Å². The lowest BCUT2D eigenvalue weighted by molar-refractivity contribution is -0.118. The zero-order chi connectivity index (χ0) is 24.9. The first-order chi connectivity index (χ1) is 16.9. The maximum absolute atomic E-state index is 14.2. The fraction of sp³-hybridized carbons (Fsp3) is 0.148. The number of carbonyl (C=O) groups is 3. The van der Waals surface area contributed by atoms with Gasteiger partial charge >= 0.3 is 12.1 Å². The molecule has 3 N–H and O–H groups in total. The summed E-state index contributed by atoms with van der Waals surface area (Å²) in [5.74, 6) is -1.12. The second kappa shape index (κ2) is 10.1. The van der Waals surface area contributed by atoms with Gasteiger partial charge in [-0.2, -0.15) is 0 Å². The monoisotopic (exact) mass is 472 g/mol. The molecule has 0 bridgehead atoms. The maximum atomic E-state index is 14.2. The van der Waals surface area contributed by atoms with Crippen molar-refractivity contribution in [2.75, 3.05) is 11.9 Å². The van der Waals surface area contributed by atoms with Gasteiger partial charge in [-0.3, -0.25) is 4.79 Å². The molecular formula is C27H21FN2O5. The van der Waals surface area contributed by atoms with Crippen LogP contribution in [0.2, 0.25) is 0 Å². The Labute approximate surface area is 200 Å². The third-order valence-corrected chi connectivity index (χ3v) is 5.77. The summed E-state index contributed by atoms with van der Waals surface area (Å²) < 4.78 is 19.6. The zero-order valence-electron chi connectivity index (χ0n) is 18.5. The largest absolute Gasteiger partial charge is 0.478 e. The zero-order valence-corrected chi connectivity index (χ0v) is 18.5. The Morgan fingerprint density at radius 1 is 1.00 bits per heavy atom. The molecule has 1 unspecified atom stereocenters. The van der Waals surface area contributed by atoms with Crippen LogP contribution in [0.25, 0.3) is 11.1 Å². The molecule has 8 heteroatoms. The number of alkyl carbamates (subject to hydrolysis) is 1. The number of halogens is 1. The highest BCUT2D eigenvalue weighted by Gasteiger charge is 2.30. The molecule has 35 heavy (non-hydrogen) atoms. The number of hydrogen-bond acceptors (Lipinski definition) is 4. The van der Waals surface area contributed by atoms with Gasteiger partial charge in [0.2, 0.25) is 5.91 Å². The van der Waals surface area contributed by atoms with Crippen molar-refractivity contribution in [1.29, 1.82) is 0 Å². The van der Waals surface area contributed by atoms with E-state index >= 15 is 0 Å². The number of rotatable bonds is 7. The SMILES string of the molecule is C#CCC(NC(=O)OCC1c2ccccc2-c2ccccc21)C(=O)Nc1c(F)cccc1C(=O)O. The lowest BCUT2D eigenvalue weighted by atomic mass is 9.98. The molecule has 2 amide bonds. The van der Waals surface area contributed by atoms with E-state index in [0.717, 1.165) is 34.4 Å². The summed E-state index contributed by atoms with van der Waals surface area (Å²) in [4.78, 5) is 36.6. The van der Waals surface area contributed by atoms with Crippen molar-refractivity contribution in [2.45, 2.75) is 18.4 Å². The van der Waals surface area contributed by atoms with Gasteiger partial charge in [-0.15, -0.1) is 12.3 Å². The number of terminal acetylenes is 1. The van der Waals surface area contributed by atoms with Gasteiger partial charge in [0.25, 0.3) is 0 Å². The van der Waals surface area contributed by atoms with Gasteiger partial charge in [-0.1, -0.05) is 54.6 Å². The molecule has 0 radical (unpaired) electrons. The quantitative estimate of drug-likeness (QED) is 0.443. The predicted molar refractivity (Wildman–Crippen MR) is 127 cm³/mol. The van der Waals surface area contributed by atoms with Crippen LogP contribution < -0.4 is 10.6 Å². The number of carboxylic acid groups (broad SMARTS) is 1. The predicted octanol–water partition coefficient (Wildman–Crippen LogP) is 4.39. The van der Waals surface area contributed by atoms with Crippen LogP contribution in [0.1, 0.15) is 33.8 Å². The van der Waals surface area contributed by atoms with Crippen molar-refractivity contribution in [2.24, 2.45) is 0 Å². The van der Waals surface area contributed by atoms with Crippen LogP contribution in [0.3, 0.4) is 0 Å². The van der Waals surface area contributed by atoms with Gasteiger partial charge in [0.05, 0.1) is 11.3 Å². The second-order valence-corrected chi connectivity index (χ2v) is 7.89. The van der Waals surface area contributed by atoms with Gasteiger partial charge in [0.15, 0.2) is 0 Å². The first-order valence-corrected chi connectivity index (χ1v) is 10.8. The number of anilines is 1. The van der Waals surface area contributed by atoms with Crippen LogP contribution >= 0.6 is 0 Å². The van der Waals surface area contributed by atoms with Crippen molar-refractivity contribution >= 4 is 23.7 Å². The Balaban J connectivity index is 1.45. The molecule has 0 saturated carbocycles. The van der Waals surface area contributed by atoms with Crippen molar-refractivity contribution in [3.8, 4) is 23.5 Å². The summed E-state index contributed by atoms with van der Waals surface area (Å²) in [7, 11) is 0. The first kappa shape index (κ1) is 23.5. The summed E-state index contributed by atoms with van der Waals surface area (Å²) in [5, 5.41) is 13.9. The summed E-state index contributed by atoms with van der Waals surface area (Å²) >= 11 is 0. The highest BCUT2D eigenvalue weighted by atomic mass is 19.1. The molecule has 1 aliphatic rings. The minimum atomic E-state index is -1.42. The van der Waals surface area contributed by atoms with Crippen LogP contribution in [0.15, 0.2) is 66.7 Å². The number of aromatic carboxylic acids is 1. The van der Waals surface area contributed by atoms with Crippen LogP contribution in [0, 0.1) is 18.2 Å². The highest BCUT2D eigenvalue weighted by molar-refractivity contribution is 6.03. The average molecular weight is 472 g/mol. The smallest absolute Gasteiger partial charge is 0.407 e. The molecule has 7 nitrogen and oxygen atoms in total.